The predicted molar refractivity (Wildman–Crippen MR) is 220 cm³/mol. The van der Waals surface area contributed by atoms with Gasteiger partial charge in [-0.15, -0.1) is 41.3 Å². The van der Waals surface area contributed by atoms with Gasteiger partial charge in [-0.25, -0.2) is 4.98 Å². The van der Waals surface area contributed by atoms with Crippen molar-refractivity contribution in [1.82, 2.24) is 19.3 Å². The van der Waals surface area contributed by atoms with Crippen LogP contribution in [0.25, 0.3) is 44.4 Å². The molecule has 0 atom stereocenters. The van der Waals surface area contributed by atoms with E-state index in [-0.39, 0.29) is 43.2 Å². The Kier molecular flexibility index (Phi) is 10.4. The summed E-state index contributed by atoms with van der Waals surface area (Å²) in [6, 6.07) is 37.4. The van der Waals surface area contributed by atoms with E-state index in [1.165, 1.54) is 27.6 Å². The standard InChI is InChI=1S/C48H52N4O.Pt/c1-30(2)45-44(32-16-14-13-15-17-32)31(3)50-52(45)36-24-35(48(10,11)12)25-38(28-36)53-37-19-20-39-40-26-33(46(4,5)6)18-21-41(40)51(42(39)29-37)43-27-34(22-23-49-43)47(7,8)9;/h13-27,30H,1-12H3;/q-2;+2. The molecule has 7 rings (SSSR count). The van der Waals surface area contributed by atoms with Crippen LogP contribution in [0.15, 0.2) is 91.1 Å². The number of aryl methyl sites for hydroxylation is 1. The molecular weight excluding hydrogens is 844 g/mol. The second-order valence-corrected chi connectivity index (χ2v) is 17.8. The Morgan fingerprint density at radius 1 is 0.667 bits per heavy atom. The molecule has 0 saturated heterocycles. The summed E-state index contributed by atoms with van der Waals surface area (Å²) in [7, 11) is 0. The number of aromatic nitrogens is 4. The molecular formula is C48H52N4OPt. The third-order valence-electron chi connectivity index (χ3n) is 10.2. The van der Waals surface area contributed by atoms with Crippen molar-refractivity contribution in [1.29, 1.82) is 0 Å². The van der Waals surface area contributed by atoms with Crippen LogP contribution in [0.5, 0.6) is 11.5 Å². The fourth-order valence-corrected chi connectivity index (χ4v) is 7.17. The van der Waals surface area contributed by atoms with Gasteiger partial charge in [0.1, 0.15) is 5.82 Å². The van der Waals surface area contributed by atoms with E-state index < -0.39 is 0 Å². The average molecular weight is 896 g/mol. The first-order chi connectivity index (χ1) is 24.9. The van der Waals surface area contributed by atoms with E-state index >= 15 is 0 Å². The van der Waals surface area contributed by atoms with Gasteiger partial charge in [0.2, 0.25) is 0 Å². The fraction of sp³-hybridized carbons (Fsp3) is 0.333. The number of hydrogen-bond acceptors (Lipinski definition) is 3. The molecule has 4 aromatic carbocycles. The maximum atomic E-state index is 6.76. The van der Waals surface area contributed by atoms with Crippen LogP contribution in [0, 0.1) is 19.1 Å². The van der Waals surface area contributed by atoms with E-state index in [0.717, 1.165) is 44.9 Å². The van der Waals surface area contributed by atoms with Crippen LogP contribution in [0.3, 0.4) is 0 Å². The molecule has 0 aliphatic heterocycles. The van der Waals surface area contributed by atoms with Gasteiger partial charge >= 0.3 is 21.1 Å². The van der Waals surface area contributed by atoms with Crippen molar-refractivity contribution in [3.8, 4) is 34.1 Å². The summed E-state index contributed by atoms with van der Waals surface area (Å²) in [5.74, 6) is 2.33. The first-order valence-corrected chi connectivity index (χ1v) is 18.8. The molecule has 0 spiro atoms. The third kappa shape index (κ3) is 7.45. The maximum absolute atomic E-state index is 6.76. The van der Waals surface area contributed by atoms with Gasteiger partial charge in [-0.1, -0.05) is 124 Å². The molecule has 0 N–H and O–H groups in total. The van der Waals surface area contributed by atoms with Crippen molar-refractivity contribution in [3.05, 3.63) is 131 Å². The molecule has 54 heavy (non-hydrogen) atoms. The third-order valence-corrected chi connectivity index (χ3v) is 10.2. The molecule has 0 saturated carbocycles. The zero-order valence-corrected chi connectivity index (χ0v) is 36.0. The van der Waals surface area contributed by atoms with E-state index in [9.17, 15) is 0 Å². The van der Waals surface area contributed by atoms with Crippen LogP contribution in [-0.4, -0.2) is 19.3 Å². The van der Waals surface area contributed by atoms with Gasteiger partial charge in [0.15, 0.2) is 0 Å². The number of pyridine rings is 1. The van der Waals surface area contributed by atoms with Crippen molar-refractivity contribution in [2.45, 2.75) is 105 Å². The Morgan fingerprint density at radius 3 is 1.98 bits per heavy atom. The quantitative estimate of drug-likeness (QED) is 0.156. The van der Waals surface area contributed by atoms with E-state index in [4.69, 9.17) is 14.8 Å². The molecule has 0 amide bonds. The van der Waals surface area contributed by atoms with Crippen molar-refractivity contribution < 1.29 is 25.8 Å². The van der Waals surface area contributed by atoms with Gasteiger partial charge in [0.05, 0.1) is 11.4 Å². The first kappa shape index (κ1) is 39.2. The fourth-order valence-electron chi connectivity index (χ4n) is 7.17. The summed E-state index contributed by atoms with van der Waals surface area (Å²) in [5, 5.41) is 7.40. The summed E-state index contributed by atoms with van der Waals surface area (Å²) in [6.07, 6.45) is 1.91. The normalized spacial score (nSPS) is 12.5. The van der Waals surface area contributed by atoms with Crippen LogP contribution in [-0.2, 0) is 37.3 Å². The van der Waals surface area contributed by atoms with Crippen molar-refractivity contribution >= 4 is 21.8 Å². The van der Waals surface area contributed by atoms with Gasteiger partial charge in [-0.05, 0) is 75.0 Å². The van der Waals surface area contributed by atoms with E-state index in [2.05, 4.69) is 183 Å². The van der Waals surface area contributed by atoms with E-state index in [1.54, 1.807) is 0 Å². The number of ether oxygens (including phenoxy) is 1. The number of fused-ring (bicyclic) bond motifs is 3. The van der Waals surface area contributed by atoms with Crippen molar-refractivity contribution in [2.75, 3.05) is 0 Å². The molecule has 0 radical (unpaired) electrons. The zero-order valence-electron chi connectivity index (χ0n) is 33.8. The molecule has 6 heteroatoms. The Labute approximate surface area is 336 Å². The molecule has 0 aliphatic carbocycles. The maximum Gasteiger partial charge on any atom is 2.00 e. The first-order valence-electron chi connectivity index (χ1n) is 18.8. The van der Waals surface area contributed by atoms with Crippen LogP contribution >= 0.6 is 0 Å². The molecule has 0 bridgehead atoms. The number of rotatable bonds is 6. The Bertz CT molecular complexity index is 2470. The summed E-state index contributed by atoms with van der Waals surface area (Å²) < 4.78 is 11.1. The zero-order chi connectivity index (χ0) is 38.0. The van der Waals surface area contributed by atoms with Crippen LogP contribution in [0.4, 0.5) is 0 Å². The monoisotopic (exact) mass is 895 g/mol. The summed E-state index contributed by atoms with van der Waals surface area (Å²) in [6.45, 7) is 26.7. The largest absolute Gasteiger partial charge is 2.00 e. The van der Waals surface area contributed by atoms with Crippen LogP contribution in [0.2, 0.25) is 0 Å². The van der Waals surface area contributed by atoms with E-state index in [1.807, 2.05) is 12.3 Å². The van der Waals surface area contributed by atoms with Crippen LogP contribution < -0.4 is 4.74 Å². The van der Waals surface area contributed by atoms with Crippen molar-refractivity contribution in [3.63, 3.8) is 0 Å². The summed E-state index contributed by atoms with van der Waals surface area (Å²) >= 11 is 0. The smallest absolute Gasteiger partial charge is 0.509 e. The second kappa shape index (κ2) is 14.3. The van der Waals surface area contributed by atoms with Gasteiger partial charge in [0.25, 0.3) is 0 Å². The topological polar surface area (TPSA) is 44.9 Å². The molecule has 3 aromatic heterocycles. The van der Waals surface area contributed by atoms with Crippen molar-refractivity contribution in [2.24, 2.45) is 0 Å². The predicted octanol–water partition coefficient (Wildman–Crippen LogP) is 12.7. The molecule has 3 heterocycles. The molecule has 280 valence electrons. The number of nitrogens with zero attached hydrogens (tertiary/aromatic N) is 4. The molecule has 0 fully saturated rings. The van der Waals surface area contributed by atoms with Crippen LogP contribution in [0.1, 0.15) is 110 Å². The van der Waals surface area contributed by atoms with Gasteiger partial charge in [0, 0.05) is 28.8 Å². The minimum absolute atomic E-state index is 0. The molecule has 7 aromatic rings. The number of hydrogen-bond donors (Lipinski definition) is 0. The minimum Gasteiger partial charge on any atom is -0.509 e. The number of benzene rings is 4. The Hall–Kier alpha value is -4.47. The molecule has 5 nitrogen and oxygen atoms in total. The molecule has 0 unspecified atom stereocenters. The average Bonchev–Trinajstić information content (AvgIpc) is 3.61. The van der Waals surface area contributed by atoms with E-state index in [0.29, 0.717) is 11.5 Å². The minimum atomic E-state index is -0.140. The Balaban J connectivity index is 0.00000497. The summed E-state index contributed by atoms with van der Waals surface area (Å²) in [5.41, 5.74) is 10.8. The Morgan fingerprint density at radius 2 is 1.33 bits per heavy atom. The van der Waals surface area contributed by atoms with Gasteiger partial charge in [-0.3, -0.25) is 4.68 Å². The molecule has 0 aliphatic rings. The van der Waals surface area contributed by atoms with Gasteiger partial charge < -0.3 is 9.30 Å². The van der Waals surface area contributed by atoms with Gasteiger partial charge in [-0.2, -0.15) is 11.2 Å². The summed E-state index contributed by atoms with van der Waals surface area (Å²) in [4.78, 5) is 4.90. The SMILES string of the molecule is Cc1nn(-c2[c-]c(Oc3[c-]c4c(cc3)c3cc(C(C)(C)C)ccc3n4-c3cc(C(C)(C)C)ccn3)cc(C(C)(C)C)c2)c(C(C)C)c1-c1ccccc1.[Pt+2]. The second-order valence-electron chi connectivity index (χ2n) is 17.8.